The van der Waals surface area contributed by atoms with E-state index in [-0.39, 0.29) is 6.04 Å². The Balaban J connectivity index is 2.20. The number of aryl methyl sites for hydroxylation is 2. The predicted molar refractivity (Wildman–Crippen MR) is 78.9 cm³/mol. The Labute approximate surface area is 124 Å². The molecule has 2 aromatic rings. The van der Waals surface area contributed by atoms with Crippen LogP contribution in [-0.2, 0) is 13.0 Å². The molecule has 0 aliphatic rings. The summed E-state index contributed by atoms with van der Waals surface area (Å²) in [6.45, 7) is 8.72. The van der Waals surface area contributed by atoms with E-state index in [0.29, 0.717) is 11.4 Å². The minimum Gasteiger partial charge on any atom is -0.388 e. The molecular weight excluding hydrogens is 276 g/mol. The lowest BCUT2D eigenvalue weighted by Crippen LogP contribution is -2.08. The molecule has 0 saturated carbocycles. The van der Waals surface area contributed by atoms with Gasteiger partial charge in [0, 0.05) is 30.8 Å². The molecule has 2 rings (SSSR count). The molecule has 0 fully saturated rings. The molecule has 0 aromatic carbocycles. The van der Waals surface area contributed by atoms with E-state index in [1.807, 2.05) is 29.4 Å². The largest absolute Gasteiger partial charge is 0.388 e. The van der Waals surface area contributed by atoms with Crippen molar-refractivity contribution < 1.29 is 5.11 Å². The van der Waals surface area contributed by atoms with Gasteiger partial charge in [-0.05, 0) is 27.7 Å². The zero-order valence-electron chi connectivity index (χ0n) is 12.3. The summed E-state index contributed by atoms with van der Waals surface area (Å²) in [5, 5.41) is 19.6. The van der Waals surface area contributed by atoms with Gasteiger partial charge in [-0.15, -0.1) is 0 Å². The summed E-state index contributed by atoms with van der Waals surface area (Å²) in [6, 6.07) is 0.281. The molecule has 0 spiro atoms. The average Bonchev–Trinajstić information content (AvgIpc) is 2.99. The van der Waals surface area contributed by atoms with E-state index in [1.165, 1.54) is 0 Å². The SMILES string of the molecule is CCn1nc(C)c(Cl)c1CC(O)c1cnn(C(C)C)c1. The third-order valence-electron chi connectivity index (χ3n) is 3.37. The Hall–Kier alpha value is -1.33. The van der Waals surface area contributed by atoms with Gasteiger partial charge in [0.15, 0.2) is 0 Å². The second kappa shape index (κ2) is 5.97. The highest BCUT2D eigenvalue weighted by atomic mass is 35.5. The number of aliphatic hydroxyl groups excluding tert-OH is 1. The van der Waals surface area contributed by atoms with E-state index in [2.05, 4.69) is 24.0 Å². The number of halogens is 1. The van der Waals surface area contributed by atoms with Crippen molar-refractivity contribution in [1.29, 1.82) is 0 Å². The molecule has 1 atom stereocenters. The van der Waals surface area contributed by atoms with Crippen LogP contribution < -0.4 is 0 Å². The second-order valence-electron chi connectivity index (χ2n) is 5.23. The highest BCUT2D eigenvalue weighted by molar-refractivity contribution is 6.31. The van der Waals surface area contributed by atoms with Crippen molar-refractivity contribution >= 4 is 11.6 Å². The van der Waals surface area contributed by atoms with E-state index in [4.69, 9.17) is 11.6 Å². The van der Waals surface area contributed by atoms with Crippen LogP contribution in [-0.4, -0.2) is 24.7 Å². The summed E-state index contributed by atoms with van der Waals surface area (Å²) in [5.74, 6) is 0. The van der Waals surface area contributed by atoms with Crippen LogP contribution in [0.1, 0.15) is 49.9 Å². The third kappa shape index (κ3) is 2.88. The minimum atomic E-state index is -0.624. The Morgan fingerprint density at radius 2 is 2.10 bits per heavy atom. The number of aliphatic hydroxyl groups is 1. The minimum absolute atomic E-state index is 0.281. The van der Waals surface area contributed by atoms with E-state index in [1.54, 1.807) is 6.20 Å². The highest BCUT2D eigenvalue weighted by Crippen LogP contribution is 2.26. The Morgan fingerprint density at radius 1 is 1.40 bits per heavy atom. The maximum Gasteiger partial charge on any atom is 0.0876 e. The van der Waals surface area contributed by atoms with E-state index in [9.17, 15) is 5.11 Å². The predicted octanol–water partition coefficient (Wildman–Crippen LogP) is 2.92. The molecule has 1 unspecified atom stereocenters. The van der Waals surface area contributed by atoms with Crippen molar-refractivity contribution in [3.63, 3.8) is 0 Å². The first-order valence-corrected chi connectivity index (χ1v) is 7.25. The van der Waals surface area contributed by atoms with Gasteiger partial charge >= 0.3 is 0 Å². The summed E-state index contributed by atoms with van der Waals surface area (Å²) in [6.07, 6.45) is 3.40. The molecule has 6 heteroatoms. The van der Waals surface area contributed by atoms with Gasteiger partial charge in [0.05, 0.1) is 28.7 Å². The van der Waals surface area contributed by atoms with Gasteiger partial charge < -0.3 is 5.11 Å². The standard InChI is InChI=1S/C14H21ClN4O/c1-5-18-12(14(15)10(4)17-18)6-13(20)11-7-16-19(8-11)9(2)3/h7-9,13,20H,5-6H2,1-4H3. The summed E-state index contributed by atoms with van der Waals surface area (Å²) in [5.41, 5.74) is 2.47. The summed E-state index contributed by atoms with van der Waals surface area (Å²) >= 11 is 6.26. The lowest BCUT2D eigenvalue weighted by Gasteiger charge is -2.10. The summed E-state index contributed by atoms with van der Waals surface area (Å²) in [7, 11) is 0. The third-order valence-corrected chi connectivity index (χ3v) is 3.87. The fourth-order valence-electron chi connectivity index (χ4n) is 2.17. The Morgan fingerprint density at radius 3 is 2.65 bits per heavy atom. The van der Waals surface area contributed by atoms with Crippen LogP contribution in [0.15, 0.2) is 12.4 Å². The molecule has 2 aromatic heterocycles. The molecule has 0 bridgehead atoms. The lowest BCUT2D eigenvalue weighted by molar-refractivity contribution is 0.175. The molecular formula is C14H21ClN4O. The second-order valence-corrected chi connectivity index (χ2v) is 5.61. The number of aromatic nitrogens is 4. The average molecular weight is 297 g/mol. The number of hydrogen-bond donors (Lipinski definition) is 1. The lowest BCUT2D eigenvalue weighted by atomic mass is 10.1. The molecule has 0 amide bonds. The van der Waals surface area contributed by atoms with E-state index < -0.39 is 6.10 Å². The van der Waals surface area contributed by atoms with Crippen molar-refractivity contribution in [3.8, 4) is 0 Å². The van der Waals surface area contributed by atoms with Crippen molar-refractivity contribution in [2.24, 2.45) is 0 Å². The number of hydrogen-bond acceptors (Lipinski definition) is 3. The van der Waals surface area contributed by atoms with E-state index >= 15 is 0 Å². The zero-order valence-corrected chi connectivity index (χ0v) is 13.1. The van der Waals surface area contributed by atoms with Crippen molar-refractivity contribution in [2.75, 3.05) is 0 Å². The van der Waals surface area contributed by atoms with Crippen LogP contribution in [0, 0.1) is 6.92 Å². The molecule has 110 valence electrons. The van der Waals surface area contributed by atoms with Crippen LogP contribution in [0.4, 0.5) is 0 Å². The zero-order chi connectivity index (χ0) is 14.9. The quantitative estimate of drug-likeness (QED) is 0.923. The van der Waals surface area contributed by atoms with Crippen molar-refractivity contribution in [3.05, 3.63) is 34.4 Å². The van der Waals surface area contributed by atoms with E-state index in [0.717, 1.165) is 23.5 Å². The van der Waals surface area contributed by atoms with Gasteiger partial charge in [0.1, 0.15) is 0 Å². The van der Waals surface area contributed by atoms with Gasteiger partial charge in [-0.3, -0.25) is 9.36 Å². The topological polar surface area (TPSA) is 55.9 Å². The molecule has 0 radical (unpaired) electrons. The molecule has 5 nitrogen and oxygen atoms in total. The molecule has 1 N–H and O–H groups in total. The van der Waals surface area contributed by atoms with Crippen molar-refractivity contribution in [1.82, 2.24) is 19.6 Å². The maximum atomic E-state index is 10.4. The molecule has 0 saturated heterocycles. The van der Waals surface area contributed by atoms with Gasteiger partial charge in [-0.1, -0.05) is 11.6 Å². The Bertz CT molecular complexity index is 588. The maximum absolute atomic E-state index is 10.4. The Kier molecular flexibility index (Phi) is 4.50. The normalized spacial score (nSPS) is 13.2. The molecule has 0 aliphatic carbocycles. The van der Waals surface area contributed by atoms with Gasteiger partial charge in [0.25, 0.3) is 0 Å². The molecule has 2 heterocycles. The van der Waals surface area contributed by atoms with Crippen LogP contribution in [0.2, 0.25) is 5.02 Å². The van der Waals surface area contributed by atoms with Gasteiger partial charge in [-0.2, -0.15) is 10.2 Å². The fraction of sp³-hybridized carbons (Fsp3) is 0.571. The van der Waals surface area contributed by atoms with Crippen molar-refractivity contribution in [2.45, 2.75) is 52.8 Å². The fourth-order valence-corrected chi connectivity index (χ4v) is 2.38. The molecule has 20 heavy (non-hydrogen) atoms. The first kappa shape index (κ1) is 15.1. The summed E-state index contributed by atoms with van der Waals surface area (Å²) in [4.78, 5) is 0. The smallest absolute Gasteiger partial charge is 0.0876 e. The van der Waals surface area contributed by atoms with Crippen LogP contribution in [0.5, 0.6) is 0 Å². The van der Waals surface area contributed by atoms with Crippen LogP contribution >= 0.6 is 11.6 Å². The van der Waals surface area contributed by atoms with Crippen LogP contribution in [0.25, 0.3) is 0 Å². The first-order chi connectivity index (χ1) is 9.43. The monoisotopic (exact) mass is 296 g/mol. The van der Waals surface area contributed by atoms with Gasteiger partial charge in [0.2, 0.25) is 0 Å². The first-order valence-electron chi connectivity index (χ1n) is 6.87. The molecule has 0 aliphatic heterocycles. The summed E-state index contributed by atoms with van der Waals surface area (Å²) < 4.78 is 3.68. The highest BCUT2D eigenvalue weighted by Gasteiger charge is 2.19. The number of rotatable bonds is 5. The van der Waals surface area contributed by atoms with Crippen LogP contribution in [0.3, 0.4) is 0 Å². The van der Waals surface area contributed by atoms with Gasteiger partial charge in [-0.25, -0.2) is 0 Å². The number of nitrogens with zero attached hydrogens (tertiary/aromatic N) is 4.